The minimum atomic E-state index is -0.455. The molecule has 0 bridgehead atoms. The monoisotopic (exact) mass is 415 g/mol. The van der Waals surface area contributed by atoms with E-state index in [9.17, 15) is 4.79 Å². The summed E-state index contributed by atoms with van der Waals surface area (Å²) >= 11 is 0. The lowest BCUT2D eigenvalue weighted by molar-refractivity contribution is -0.0739. The summed E-state index contributed by atoms with van der Waals surface area (Å²) in [5.41, 5.74) is 1.86. The lowest BCUT2D eigenvalue weighted by Crippen LogP contribution is -2.41. The summed E-state index contributed by atoms with van der Waals surface area (Å²) in [5.74, 6) is 0. The van der Waals surface area contributed by atoms with Gasteiger partial charge in [-0.3, -0.25) is 0 Å². The van der Waals surface area contributed by atoms with Crippen molar-refractivity contribution < 1.29 is 23.7 Å². The van der Waals surface area contributed by atoms with Crippen LogP contribution in [0.3, 0.4) is 0 Å². The highest BCUT2D eigenvalue weighted by atomic mass is 16.6. The highest BCUT2D eigenvalue weighted by Crippen LogP contribution is 2.06. The van der Waals surface area contributed by atoms with E-state index in [0.29, 0.717) is 26.4 Å². The Labute approximate surface area is 179 Å². The van der Waals surface area contributed by atoms with Crippen LogP contribution in [0.1, 0.15) is 31.9 Å². The van der Waals surface area contributed by atoms with E-state index in [4.69, 9.17) is 18.9 Å². The summed E-state index contributed by atoms with van der Waals surface area (Å²) in [6.07, 6.45) is -0.713. The van der Waals surface area contributed by atoms with Gasteiger partial charge in [0.2, 0.25) is 0 Å². The highest BCUT2D eigenvalue weighted by Gasteiger charge is 2.15. The van der Waals surface area contributed by atoms with Gasteiger partial charge >= 0.3 is 6.09 Å². The standard InChI is InChI=1S/C24H33NO5/c1-24(2,3)25-23(26)30-15-14-29-22(18-27-16-20-10-6-4-7-11-20)19-28-17-21-12-8-5-9-13-21/h4-13,22H,14-19H2,1-3H3,(H,25,26). The molecule has 2 aromatic rings. The fourth-order valence-corrected chi connectivity index (χ4v) is 2.60. The number of carbonyl (C=O) groups is 1. The molecule has 0 aliphatic heterocycles. The molecule has 2 aromatic carbocycles. The first-order valence-electron chi connectivity index (χ1n) is 10.2. The number of ether oxygens (including phenoxy) is 4. The summed E-state index contributed by atoms with van der Waals surface area (Å²) in [5, 5.41) is 2.75. The molecule has 6 heteroatoms. The van der Waals surface area contributed by atoms with Crippen LogP contribution in [-0.2, 0) is 32.2 Å². The molecule has 2 rings (SSSR count). The maximum absolute atomic E-state index is 11.7. The van der Waals surface area contributed by atoms with Crippen LogP contribution in [0.25, 0.3) is 0 Å². The minimum absolute atomic E-state index is 0.162. The van der Waals surface area contributed by atoms with Crippen molar-refractivity contribution in [3.63, 3.8) is 0 Å². The van der Waals surface area contributed by atoms with Gasteiger partial charge in [0.1, 0.15) is 12.7 Å². The number of alkyl carbamates (subject to hydrolysis) is 1. The molecule has 30 heavy (non-hydrogen) atoms. The van der Waals surface area contributed by atoms with Gasteiger partial charge in [0, 0.05) is 5.54 Å². The first-order valence-corrected chi connectivity index (χ1v) is 10.2. The summed E-state index contributed by atoms with van der Waals surface area (Å²) in [4.78, 5) is 11.7. The quantitative estimate of drug-likeness (QED) is 0.523. The number of amides is 1. The zero-order valence-corrected chi connectivity index (χ0v) is 18.1. The SMILES string of the molecule is CC(C)(C)NC(=O)OCCOC(COCc1ccccc1)COCc1ccccc1. The average Bonchev–Trinajstić information content (AvgIpc) is 2.71. The van der Waals surface area contributed by atoms with Gasteiger partial charge in [-0.2, -0.15) is 0 Å². The van der Waals surface area contributed by atoms with Crippen molar-refractivity contribution in [1.29, 1.82) is 0 Å². The van der Waals surface area contributed by atoms with E-state index in [2.05, 4.69) is 5.32 Å². The molecule has 0 spiro atoms. The van der Waals surface area contributed by atoms with Crippen LogP contribution in [0.4, 0.5) is 4.79 Å². The first kappa shape index (κ1) is 23.9. The van der Waals surface area contributed by atoms with Gasteiger partial charge in [0.25, 0.3) is 0 Å². The Balaban J connectivity index is 1.73. The summed E-state index contributed by atoms with van der Waals surface area (Å²) in [6, 6.07) is 19.9. The lowest BCUT2D eigenvalue weighted by atomic mass is 10.1. The number of hydrogen-bond acceptors (Lipinski definition) is 5. The third-order valence-corrected chi connectivity index (χ3v) is 3.98. The van der Waals surface area contributed by atoms with Gasteiger partial charge in [0.05, 0.1) is 33.0 Å². The van der Waals surface area contributed by atoms with Gasteiger partial charge < -0.3 is 24.3 Å². The number of benzene rings is 2. The van der Waals surface area contributed by atoms with Crippen LogP contribution >= 0.6 is 0 Å². The molecule has 0 saturated heterocycles. The van der Waals surface area contributed by atoms with Crippen LogP contribution in [-0.4, -0.2) is 44.2 Å². The largest absolute Gasteiger partial charge is 0.447 e. The second kappa shape index (κ2) is 13.0. The Hall–Kier alpha value is -2.41. The molecule has 0 heterocycles. The van der Waals surface area contributed by atoms with Crippen LogP contribution in [0, 0.1) is 0 Å². The third kappa shape index (κ3) is 11.0. The summed E-state index contributed by atoms with van der Waals surface area (Å²) in [6.45, 7) is 7.91. The minimum Gasteiger partial charge on any atom is -0.447 e. The van der Waals surface area contributed by atoms with Crippen molar-refractivity contribution in [2.24, 2.45) is 0 Å². The molecular formula is C24H33NO5. The molecule has 0 aliphatic rings. The second-order valence-electron chi connectivity index (χ2n) is 8.01. The van der Waals surface area contributed by atoms with Crippen molar-refractivity contribution in [2.75, 3.05) is 26.4 Å². The van der Waals surface area contributed by atoms with Crippen LogP contribution in [0.5, 0.6) is 0 Å². The van der Waals surface area contributed by atoms with E-state index in [1.54, 1.807) is 0 Å². The van der Waals surface area contributed by atoms with Gasteiger partial charge in [0.15, 0.2) is 0 Å². The molecule has 164 valence electrons. The zero-order valence-electron chi connectivity index (χ0n) is 18.1. The number of nitrogens with one attached hydrogen (secondary N) is 1. The molecule has 1 N–H and O–H groups in total. The van der Waals surface area contributed by atoms with Gasteiger partial charge in [-0.1, -0.05) is 60.7 Å². The molecule has 0 atom stereocenters. The van der Waals surface area contributed by atoms with Crippen LogP contribution in [0.2, 0.25) is 0 Å². The van der Waals surface area contributed by atoms with Crippen molar-refractivity contribution in [1.82, 2.24) is 5.32 Å². The maximum atomic E-state index is 11.7. The lowest BCUT2D eigenvalue weighted by Gasteiger charge is -2.21. The average molecular weight is 416 g/mol. The predicted molar refractivity (Wildman–Crippen MR) is 116 cm³/mol. The first-order chi connectivity index (χ1) is 14.4. The van der Waals surface area contributed by atoms with E-state index in [1.807, 2.05) is 81.4 Å². The van der Waals surface area contributed by atoms with E-state index in [-0.39, 0.29) is 24.9 Å². The molecular weight excluding hydrogens is 382 g/mol. The highest BCUT2D eigenvalue weighted by molar-refractivity contribution is 5.68. The normalized spacial score (nSPS) is 11.5. The van der Waals surface area contributed by atoms with Gasteiger partial charge in [-0.05, 0) is 31.9 Å². The zero-order chi connectivity index (χ0) is 21.7. The Kier molecular flexibility index (Phi) is 10.3. The van der Waals surface area contributed by atoms with Crippen molar-refractivity contribution in [3.8, 4) is 0 Å². The number of carbonyl (C=O) groups excluding carboxylic acids is 1. The molecule has 0 fully saturated rings. The van der Waals surface area contributed by atoms with Crippen molar-refractivity contribution in [2.45, 2.75) is 45.6 Å². The van der Waals surface area contributed by atoms with Crippen molar-refractivity contribution >= 4 is 6.09 Å². The third-order valence-electron chi connectivity index (χ3n) is 3.98. The Morgan fingerprint density at radius 2 is 1.33 bits per heavy atom. The van der Waals surface area contributed by atoms with Crippen LogP contribution in [0.15, 0.2) is 60.7 Å². The van der Waals surface area contributed by atoms with Gasteiger partial charge in [-0.15, -0.1) is 0 Å². The molecule has 0 unspecified atom stereocenters. The fraction of sp³-hybridized carbons (Fsp3) is 0.458. The molecule has 6 nitrogen and oxygen atoms in total. The maximum Gasteiger partial charge on any atom is 0.407 e. The van der Waals surface area contributed by atoms with E-state index < -0.39 is 6.09 Å². The van der Waals surface area contributed by atoms with Crippen molar-refractivity contribution in [3.05, 3.63) is 71.8 Å². The Bertz CT molecular complexity index is 670. The fourth-order valence-electron chi connectivity index (χ4n) is 2.60. The van der Waals surface area contributed by atoms with Crippen LogP contribution < -0.4 is 5.32 Å². The number of rotatable bonds is 12. The number of hydrogen-bond donors (Lipinski definition) is 1. The molecule has 0 aliphatic carbocycles. The summed E-state index contributed by atoms with van der Waals surface area (Å²) < 4.78 is 22.6. The molecule has 0 saturated carbocycles. The molecule has 0 radical (unpaired) electrons. The second-order valence-corrected chi connectivity index (χ2v) is 8.01. The Morgan fingerprint density at radius 3 is 1.80 bits per heavy atom. The topological polar surface area (TPSA) is 66.0 Å². The predicted octanol–water partition coefficient (Wildman–Crippen LogP) is 4.33. The molecule has 1 amide bonds. The van der Waals surface area contributed by atoms with E-state index in [0.717, 1.165) is 11.1 Å². The smallest absolute Gasteiger partial charge is 0.407 e. The van der Waals surface area contributed by atoms with E-state index >= 15 is 0 Å². The van der Waals surface area contributed by atoms with Gasteiger partial charge in [-0.25, -0.2) is 4.79 Å². The Morgan fingerprint density at radius 1 is 0.833 bits per heavy atom. The molecule has 0 aromatic heterocycles. The summed E-state index contributed by atoms with van der Waals surface area (Å²) in [7, 11) is 0. The van der Waals surface area contributed by atoms with E-state index in [1.165, 1.54) is 0 Å².